The van der Waals surface area contributed by atoms with Crippen molar-refractivity contribution in [3.05, 3.63) is 42.0 Å². The van der Waals surface area contributed by atoms with Crippen LogP contribution in [0.3, 0.4) is 0 Å². The van der Waals surface area contributed by atoms with Crippen LogP contribution in [0, 0.1) is 11.8 Å². The Balaban J connectivity index is 2.65. The Morgan fingerprint density at radius 2 is 2.00 bits per heavy atom. The average molecular weight is 245 g/mol. The predicted molar refractivity (Wildman–Crippen MR) is 72.7 cm³/mol. The fourth-order valence-corrected chi connectivity index (χ4v) is 1.84. The summed E-state index contributed by atoms with van der Waals surface area (Å²) < 4.78 is 5.60. The maximum absolute atomic E-state index is 5.62. The summed E-state index contributed by atoms with van der Waals surface area (Å²) in [5.41, 5.74) is 0.922. The van der Waals surface area contributed by atoms with E-state index < -0.39 is 0 Å². The fraction of sp³-hybridized carbons (Fsp3) is 0.200. The second-order valence-corrected chi connectivity index (χ2v) is 3.80. The minimum Gasteiger partial charge on any atom is -0.493 e. The summed E-state index contributed by atoms with van der Waals surface area (Å²) in [6.45, 7) is 2.60. The summed E-state index contributed by atoms with van der Waals surface area (Å²) >= 11 is 5.62. The molecule has 0 heterocycles. The summed E-state index contributed by atoms with van der Waals surface area (Å²) in [6.07, 6.45) is 0. The van der Waals surface area contributed by atoms with Crippen LogP contribution in [0.5, 0.6) is 5.75 Å². The van der Waals surface area contributed by atoms with Crippen LogP contribution in [0.4, 0.5) is 0 Å². The highest BCUT2D eigenvalue weighted by Crippen LogP contribution is 2.27. The molecule has 0 fully saturated rings. The molecule has 0 amide bonds. The zero-order valence-electron chi connectivity index (χ0n) is 9.66. The molecule has 1 nitrogen and oxygen atoms in total. The topological polar surface area (TPSA) is 9.23 Å². The van der Waals surface area contributed by atoms with Crippen molar-refractivity contribution in [1.82, 2.24) is 0 Å². The quantitative estimate of drug-likeness (QED) is 0.576. The lowest BCUT2D eigenvalue weighted by atomic mass is 10.0. The summed E-state index contributed by atoms with van der Waals surface area (Å²) in [6, 6.07) is 12.1. The van der Waals surface area contributed by atoms with Gasteiger partial charge in [0.15, 0.2) is 0 Å². The van der Waals surface area contributed by atoms with Gasteiger partial charge in [0.25, 0.3) is 0 Å². The lowest BCUT2D eigenvalue weighted by Gasteiger charge is -2.08. The molecule has 2 heteroatoms. The number of fused-ring (bicyclic) bond motifs is 1. The first-order valence-electron chi connectivity index (χ1n) is 5.56. The van der Waals surface area contributed by atoms with E-state index in [1.165, 1.54) is 0 Å². The maximum atomic E-state index is 5.62. The van der Waals surface area contributed by atoms with E-state index in [4.69, 9.17) is 16.3 Å². The van der Waals surface area contributed by atoms with Crippen molar-refractivity contribution < 1.29 is 4.74 Å². The molecular formula is C15H13ClO. The first kappa shape index (κ1) is 11.8. The molecule has 0 radical (unpaired) electrons. The van der Waals surface area contributed by atoms with E-state index in [1.807, 2.05) is 31.2 Å². The molecule has 17 heavy (non-hydrogen) atoms. The van der Waals surface area contributed by atoms with Crippen LogP contribution < -0.4 is 4.74 Å². The van der Waals surface area contributed by atoms with Gasteiger partial charge in [-0.2, -0.15) is 0 Å². The van der Waals surface area contributed by atoms with Crippen LogP contribution >= 0.6 is 11.6 Å². The Bertz CT molecular complexity index is 578. The zero-order valence-corrected chi connectivity index (χ0v) is 10.4. The van der Waals surface area contributed by atoms with Gasteiger partial charge in [-0.05, 0) is 18.4 Å². The molecule has 0 N–H and O–H groups in total. The van der Waals surface area contributed by atoms with Gasteiger partial charge in [-0.15, -0.1) is 11.6 Å². The molecule has 0 aliphatic carbocycles. The minimum atomic E-state index is 0.328. The number of benzene rings is 2. The van der Waals surface area contributed by atoms with E-state index in [2.05, 4.69) is 24.0 Å². The molecule has 0 aromatic heterocycles. The molecule has 86 valence electrons. The van der Waals surface area contributed by atoms with Gasteiger partial charge in [-0.1, -0.05) is 42.2 Å². The SMILES string of the molecule is CCOc1ccc2ccccc2c1C#CCCl. The van der Waals surface area contributed by atoms with Crippen LogP contribution in [0.15, 0.2) is 36.4 Å². The molecule has 0 bridgehead atoms. The van der Waals surface area contributed by atoms with E-state index in [1.54, 1.807) is 0 Å². The summed E-state index contributed by atoms with van der Waals surface area (Å²) in [4.78, 5) is 0. The molecule has 2 aromatic rings. The Morgan fingerprint density at radius 1 is 1.18 bits per heavy atom. The normalized spacial score (nSPS) is 9.76. The predicted octanol–water partition coefficient (Wildman–Crippen LogP) is 3.83. The number of rotatable bonds is 2. The van der Waals surface area contributed by atoms with Crippen molar-refractivity contribution in [3.8, 4) is 17.6 Å². The van der Waals surface area contributed by atoms with Crippen LogP contribution in [-0.4, -0.2) is 12.5 Å². The number of halogens is 1. The standard InChI is InChI=1S/C15H13ClO/c1-2-17-15-10-9-12-6-3-4-7-13(12)14(15)8-5-11-16/h3-4,6-7,9-10H,2,11H2,1H3. The van der Waals surface area contributed by atoms with Gasteiger partial charge in [0.1, 0.15) is 5.75 Å². The van der Waals surface area contributed by atoms with Crippen molar-refractivity contribution in [2.45, 2.75) is 6.92 Å². The van der Waals surface area contributed by atoms with E-state index in [-0.39, 0.29) is 0 Å². The van der Waals surface area contributed by atoms with E-state index in [0.29, 0.717) is 12.5 Å². The largest absolute Gasteiger partial charge is 0.493 e. The first-order chi connectivity index (χ1) is 8.36. The number of ether oxygens (including phenoxy) is 1. The molecular weight excluding hydrogens is 232 g/mol. The molecule has 0 atom stereocenters. The van der Waals surface area contributed by atoms with E-state index in [9.17, 15) is 0 Å². The molecule has 0 unspecified atom stereocenters. The molecule has 2 rings (SSSR count). The van der Waals surface area contributed by atoms with Crippen molar-refractivity contribution in [2.75, 3.05) is 12.5 Å². The van der Waals surface area contributed by atoms with Gasteiger partial charge < -0.3 is 4.74 Å². The smallest absolute Gasteiger partial charge is 0.135 e. The fourth-order valence-electron chi connectivity index (χ4n) is 1.78. The Labute approximate surface area is 106 Å². The second kappa shape index (κ2) is 5.61. The van der Waals surface area contributed by atoms with Crippen molar-refractivity contribution in [3.63, 3.8) is 0 Å². The van der Waals surface area contributed by atoms with E-state index >= 15 is 0 Å². The lowest BCUT2D eigenvalue weighted by molar-refractivity contribution is 0.340. The van der Waals surface area contributed by atoms with Gasteiger partial charge in [-0.3, -0.25) is 0 Å². The Kier molecular flexibility index (Phi) is 3.90. The van der Waals surface area contributed by atoms with Gasteiger partial charge >= 0.3 is 0 Å². The summed E-state index contributed by atoms with van der Waals surface area (Å²) in [7, 11) is 0. The maximum Gasteiger partial charge on any atom is 0.135 e. The second-order valence-electron chi connectivity index (χ2n) is 3.53. The van der Waals surface area contributed by atoms with Crippen LogP contribution in [-0.2, 0) is 0 Å². The Morgan fingerprint density at radius 3 is 2.76 bits per heavy atom. The van der Waals surface area contributed by atoms with Crippen molar-refractivity contribution in [1.29, 1.82) is 0 Å². The van der Waals surface area contributed by atoms with Crippen LogP contribution in [0.25, 0.3) is 10.8 Å². The van der Waals surface area contributed by atoms with E-state index in [0.717, 1.165) is 22.1 Å². The lowest BCUT2D eigenvalue weighted by Crippen LogP contribution is -1.95. The van der Waals surface area contributed by atoms with Gasteiger partial charge in [0.2, 0.25) is 0 Å². The Hall–Kier alpha value is -1.65. The minimum absolute atomic E-state index is 0.328. The molecule has 0 spiro atoms. The van der Waals surface area contributed by atoms with Crippen molar-refractivity contribution >= 4 is 22.4 Å². The molecule has 0 saturated carbocycles. The highest BCUT2D eigenvalue weighted by Gasteiger charge is 2.05. The van der Waals surface area contributed by atoms with Crippen LogP contribution in [0.2, 0.25) is 0 Å². The third-order valence-corrected chi connectivity index (χ3v) is 2.60. The monoisotopic (exact) mass is 244 g/mol. The third-order valence-electron chi connectivity index (χ3n) is 2.47. The molecule has 0 saturated heterocycles. The number of hydrogen-bond donors (Lipinski definition) is 0. The average Bonchev–Trinajstić information content (AvgIpc) is 2.37. The first-order valence-corrected chi connectivity index (χ1v) is 6.09. The molecule has 0 aliphatic rings. The van der Waals surface area contributed by atoms with Crippen LogP contribution in [0.1, 0.15) is 12.5 Å². The van der Waals surface area contributed by atoms with Gasteiger partial charge in [0, 0.05) is 5.39 Å². The van der Waals surface area contributed by atoms with Gasteiger partial charge in [-0.25, -0.2) is 0 Å². The third kappa shape index (κ3) is 2.54. The summed E-state index contributed by atoms with van der Waals surface area (Å²) in [5, 5.41) is 2.27. The number of alkyl halides is 1. The summed E-state index contributed by atoms with van der Waals surface area (Å²) in [5.74, 6) is 7.13. The highest BCUT2D eigenvalue weighted by molar-refractivity contribution is 6.19. The highest BCUT2D eigenvalue weighted by atomic mass is 35.5. The number of hydrogen-bond acceptors (Lipinski definition) is 1. The van der Waals surface area contributed by atoms with Gasteiger partial charge in [0.05, 0.1) is 18.1 Å². The molecule has 2 aromatic carbocycles. The molecule has 0 aliphatic heterocycles. The van der Waals surface area contributed by atoms with Crippen molar-refractivity contribution in [2.24, 2.45) is 0 Å². The zero-order chi connectivity index (χ0) is 12.1.